The Hall–Kier alpha value is -0.280. The highest BCUT2D eigenvalue weighted by Gasteiger charge is 2.17. The summed E-state index contributed by atoms with van der Waals surface area (Å²) >= 11 is 8.83. The quantitative estimate of drug-likeness (QED) is 0.287. The molecule has 0 bridgehead atoms. The summed E-state index contributed by atoms with van der Waals surface area (Å²) in [6.07, 6.45) is 1.42. The Labute approximate surface area is 190 Å². The summed E-state index contributed by atoms with van der Waals surface area (Å²) in [7, 11) is 0. The van der Waals surface area contributed by atoms with Crippen LogP contribution in [0.1, 0.15) is 44.4 Å². The molecule has 0 aliphatic rings. The zero-order valence-corrected chi connectivity index (χ0v) is 21.0. The van der Waals surface area contributed by atoms with Crippen molar-refractivity contribution in [2.24, 2.45) is 5.92 Å². The maximum absolute atomic E-state index is 11.2. The van der Waals surface area contributed by atoms with Crippen molar-refractivity contribution in [3.8, 4) is 0 Å². The van der Waals surface area contributed by atoms with Crippen LogP contribution < -0.4 is 0 Å². The Kier molecular flexibility index (Phi) is 14.6. The molecule has 0 spiro atoms. The van der Waals surface area contributed by atoms with Crippen molar-refractivity contribution in [2.75, 3.05) is 5.75 Å². The van der Waals surface area contributed by atoms with Gasteiger partial charge in [0.25, 0.3) is 0 Å². The Balaban J connectivity index is 0.00000146. The summed E-state index contributed by atoms with van der Waals surface area (Å²) in [5.74, 6) is -0.864. The van der Waals surface area contributed by atoms with Crippen molar-refractivity contribution < 1.29 is 9.90 Å². The molecule has 0 unspecified atom stereocenters. The fraction of sp³-hybridized carbons (Fsp3) is 0.381. The molecule has 0 fully saturated rings. The van der Waals surface area contributed by atoms with E-state index in [2.05, 4.69) is 82.1 Å². The third kappa shape index (κ3) is 8.61. The van der Waals surface area contributed by atoms with Crippen molar-refractivity contribution in [2.45, 2.75) is 40.5 Å². The SMILES string of the molecule is CC.CC.O=C(O)[C@@H](CS)Cc1cc(I)c(Cc2ccccc2)c(I)c1. The molecule has 1 atom stereocenters. The minimum Gasteiger partial charge on any atom is -0.481 e. The maximum atomic E-state index is 11.2. The van der Waals surface area contributed by atoms with Gasteiger partial charge in [0.15, 0.2) is 0 Å². The van der Waals surface area contributed by atoms with Gasteiger partial charge in [-0.25, -0.2) is 0 Å². The number of hydrogen-bond acceptors (Lipinski definition) is 2. The van der Waals surface area contributed by atoms with E-state index in [9.17, 15) is 4.79 Å². The second-order valence-corrected chi connectivity index (χ2v) is 7.81. The molecule has 0 aliphatic carbocycles. The second-order valence-electron chi connectivity index (χ2n) is 5.12. The van der Waals surface area contributed by atoms with Gasteiger partial charge in [-0.05, 0) is 86.8 Å². The lowest BCUT2D eigenvalue weighted by Gasteiger charge is -2.13. The van der Waals surface area contributed by atoms with Gasteiger partial charge in [-0.2, -0.15) is 12.6 Å². The van der Waals surface area contributed by atoms with Gasteiger partial charge in [0.05, 0.1) is 5.92 Å². The Morgan fingerprint density at radius 3 is 1.92 bits per heavy atom. The third-order valence-corrected chi connectivity index (χ3v) is 5.84. The highest BCUT2D eigenvalue weighted by atomic mass is 127. The molecule has 144 valence electrons. The molecule has 2 aromatic carbocycles. The van der Waals surface area contributed by atoms with Crippen molar-refractivity contribution in [3.05, 3.63) is 66.3 Å². The number of carboxylic acids is 1. The van der Waals surface area contributed by atoms with Crippen LogP contribution >= 0.6 is 57.8 Å². The van der Waals surface area contributed by atoms with Crippen LogP contribution in [0.4, 0.5) is 0 Å². The topological polar surface area (TPSA) is 37.3 Å². The molecular formula is C21H28I2O2S. The van der Waals surface area contributed by atoms with E-state index in [1.807, 2.05) is 45.9 Å². The van der Waals surface area contributed by atoms with Gasteiger partial charge >= 0.3 is 5.97 Å². The number of aliphatic carboxylic acids is 1. The predicted octanol–water partition coefficient (Wildman–Crippen LogP) is 6.71. The van der Waals surface area contributed by atoms with Gasteiger partial charge in [-0.15, -0.1) is 0 Å². The van der Waals surface area contributed by atoms with Crippen molar-refractivity contribution in [1.29, 1.82) is 0 Å². The Bertz CT molecular complexity index is 637. The minimum atomic E-state index is -0.784. The highest BCUT2D eigenvalue weighted by molar-refractivity contribution is 14.1. The summed E-state index contributed by atoms with van der Waals surface area (Å²) in [5.41, 5.74) is 3.64. The van der Waals surface area contributed by atoms with Crippen LogP contribution in [0.5, 0.6) is 0 Å². The number of thiol groups is 1. The molecule has 0 aromatic heterocycles. The molecule has 2 rings (SSSR count). The van der Waals surface area contributed by atoms with E-state index in [4.69, 9.17) is 5.11 Å². The maximum Gasteiger partial charge on any atom is 0.307 e. The summed E-state index contributed by atoms with van der Waals surface area (Å²) in [4.78, 5) is 11.2. The molecule has 0 saturated carbocycles. The standard InChI is InChI=1S/C17H16I2O2S.2C2H6/c18-15-8-12(6-13(10-22)17(20)21)9-16(19)14(15)7-11-4-2-1-3-5-11;2*1-2/h1-5,8-9,13,22H,6-7,10H2,(H,20,21);2*1-2H3/t13-;;/m1../s1. The average molecular weight is 598 g/mol. The minimum absolute atomic E-state index is 0.355. The molecule has 0 radical (unpaired) electrons. The zero-order valence-electron chi connectivity index (χ0n) is 15.8. The van der Waals surface area contributed by atoms with Gasteiger partial charge < -0.3 is 5.11 Å². The lowest BCUT2D eigenvalue weighted by molar-refractivity contribution is -0.140. The van der Waals surface area contributed by atoms with Crippen LogP contribution in [0.3, 0.4) is 0 Å². The van der Waals surface area contributed by atoms with Crippen LogP contribution in [0.15, 0.2) is 42.5 Å². The molecular weight excluding hydrogens is 570 g/mol. The smallest absolute Gasteiger partial charge is 0.307 e. The lowest BCUT2D eigenvalue weighted by Crippen LogP contribution is -2.18. The van der Waals surface area contributed by atoms with Crippen LogP contribution in [-0.4, -0.2) is 16.8 Å². The van der Waals surface area contributed by atoms with Crippen molar-refractivity contribution in [3.63, 3.8) is 0 Å². The van der Waals surface area contributed by atoms with Gasteiger partial charge in [0.2, 0.25) is 0 Å². The molecule has 2 aromatic rings. The van der Waals surface area contributed by atoms with Crippen molar-refractivity contribution in [1.82, 2.24) is 0 Å². The fourth-order valence-corrected chi connectivity index (χ4v) is 4.82. The van der Waals surface area contributed by atoms with E-state index in [1.54, 1.807) is 0 Å². The first kappa shape index (κ1) is 25.7. The first-order chi connectivity index (χ1) is 12.5. The first-order valence-corrected chi connectivity index (χ1v) is 11.6. The first-order valence-electron chi connectivity index (χ1n) is 8.85. The monoisotopic (exact) mass is 598 g/mol. The number of carbonyl (C=O) groups is 1. The second kappa shape index (κ2) is 14.7. The summed E-state index contributed by atoms with van der Waals surface area (Å²) < 4.78 is 2.37. The van der Waals surface area contributed by atoms with Gasteiger partial charge in [0, 0.05) is 12.9 Å². The number of carboxylic acid groups (broad SMARTS) is 1. The lowest BCUT2D eigenvalue weighted by atomic mass is 9.98. The third-order valence-electron chi connectivity index (χ3n) is 3.48. The Morgan fingerprint density at radius 2 is 1.50 bits per heavy atom. The zero-order chi connectivity index (χ0) is 20.1. The molecule has 0 amide bonds. The highest BCUT2D eigenvalue weighted by Crippen LogP contribution is 2.26. The summed E-state index contributed by atoms with van der Waals surface area (Å²) in [6, 6.07) is 14.6. The molecule has 0 aliphatic heterocycles. The molecule has 5 heteroatoms. The van der Waals surface area contributed by atoms with Crippen LogP contribution in [0.25, 0.3) is 0 Å². The van der Waals surface area contributed by atoms with E-state index < -0.39 is 11.9 Å². The van der Waals surface area contributed by atoms with E-state index in [1.165, 1.54) is 18.3 Å². The van der Waals surface area contributed by atoms with E-state index in [0.717, 1.165) is 12.0 Å². The number of rotatable bonds is 6. The average Bonchev–Trinajstić information content (AvgIpc) is 2.66. The van der Waals surface area contributed by atoms with E-state index in [0.29, 0.717) is 12.2 Å². The molecule has 2 nitrogen and oxygen atoms in total. The molecule has 26 heavy (non-hydrogen) atoms. The predicted molar refractivity (Wildman–Crippen MR) is 133 cm³/mol. The summed E-state index contributed by atoms with van der Waals surface area (Å²) in [6.45, 7) is 8.00. The largest absolute Gasteiger partial charge is 0.481 e. The number of halogens is 2. The summed E-state index contributed by atoms with van der Waals surface area (Å²) in [5, 5.41) is 9.17. The van der Waals surface area contributed by atoms with Crippen LogP contribution in [0.2, 0.25) is 0 Å². The normalized spacial score (nSPS) is 10.7. The van der Waals surface area contributed by atoms with Crippen LogP contribution in [0, 0.1) is 13.1 Å². The Morgan fingerprint density at radius 1 is 1.00 bits per heavy atom. The molecule has 0 heterocycles. The number of hydrogen-bond donors (Lipinski definition) is 2. The van der Waals surface area contributed by atoms with Gasteiger partial charge in [-0.3, -0.25) is 4.79 Å². The van der Waals surface area contributed by atoms with E-state index in [-0.39, 0.29) is 0 Å². The number of benzene rings is 2. The van der Waals surface area contributed by atoms with Crippen molar-refractivity contribution >= 4 is 63.8 Å². The fourth-order valence-electron chi connectivity index (χ4n) is 2.26. The molecule has 1 N–H and O–H groups in total. The van der Waals surface area contributed by atoms with Gasteiger partial charge in [-0.1, -0.05) is 58.0 Å². The van der Waals surface area contributed by atoms with Crippen LogP contribution in [-0.2, 0) is 17.6 Å². The van der Waals surface area contributed by atoms with Gasteiger partial charge in [0.1, 0.15) is 0 Å². The van der Waals surface area contributed by atoms with E-state index >= 15 is 0 Å². The molecule has 0 saturated heterocycles.